The van der Waals surface area contributed by atoms with Crippen LogP contribution >= 0.6 is 11.8 Å². The second kappa shape index (κ2) is 17.7. The van der Waals surface area contributed by atoms with E-state index in [2.05, 4.69) is 29.8 Å². The number of rotatable bonds is 7. The number of thioether (sulfide) groups is 1. The number of nitrogens with one attached hydrogen (secondary N) is 3. The lowest BCUT2D eigenvalue weighted by molar-refractivity contribution is -0.205. The standard InChI is InChI=1S/C32H46FN3O7S.CH2O2/c1-17(2)13-18-11-12-42-28-20(14-18)15-34-24(28)31(41)36-23-6-4-3-5-22(16-35-30(40)19-7-9-21(33)10-8-19)44-32-27(39)25(37)26(38)29(23)43-32;2-1-3/h3-4,7-10,17-18,20,22-29,32,34,37-39H,5-6,11-16H2,1-2H3,(H,35,40)(H,36,41);1H,(H,2,3)/t18-,20-,22-,23+,24-,25-,26+,27+,28+,29+,32+;/m0./s1. The summed E-state index contributed by atoms with van der Waals surface area (Å²) in [5.41, 5.74) is -0.584. The highest BCUT2D eigenvalue weighted by Gasteiger charge is 2.49. The smallest absolute Gasteiger partial charge is 0.290 e. The van der Waals surface area contributed by atoms with Crippen LogP contribution in [0.3, 0.4) is 0 Å². The highest BCUT2D eigenvalue weighted by Crippen LogP contribution is 2.36. The molecule has 7 N–H and O–H groups in total. The van der Waals surface area contributed by atoms with Gasteiger partial charge in [0.2, 0.25) is 5.91 Å². The number of carboxylic acid groups (broad SMARTS) is 1. The van der Waals surface area contributed by atoms with E-state index in [-0.39, 0.29) is 42.1 Å². The van der Waals surface area contributed by atoms with Crippen molar-refractivity contribution < 1.29 is 48.7 Å². The summed E-state index contributed by atoms with van der Waals surface area (Å²) in [6.45, 7) is 5.77. The Balaban J connectivity index is 0.00000160. The number of ether oxygens (including phenoxy) is 2. The van der Waals surface area contributed by atoms with Crippen molar-refractivity contribution >= 4 is 30.0 Å². The van der Waals surface area contributed by atoms with Crippen molar-refractivity contribution in [1.82, 2.24) is 16.0 Å². The van der Waals surface area contributed by atoms with Crippen LogP contribution in [0.5, 0.6) is 0 Å². The van der Waals surface area contributed by atoms with Crippen LogP contribution in [0.25, 0.3) is 0 Å². The molecule has 262 valence electrons. The maximum absolute atomic E-state index is 13.6. The number of fused-ring (bicyclic) bond motifs is 3. The van der Waals surface area contributed by atoms with Crippen molar-refractivity contribution in [3.8, 4) is 0 Å². The predicted octanol–water partition coefficient (Wildman–Crippen LogP) is 1.43. The first-order chi connectivity index (χ1) is 22.5. The van der Waals surface area contributed by atoms with E-state index in [4.69, 9.17) is 19.4 Å². The lowest BCUT2D eigenvalue weighted by Gasteiger charge is -2.44. The van der Waals surface area contributed by atoms with E-state index in [1.165, 1.54) is 36.0 Å². The number of benzene rings is 1. The van der Waals surface area contributed by atoms with Gasteiger partial charge in [-0.1, -0.05) is 26.0 Å². The number of allylic oxidation sites excluding steroid dienone is 1. The zero-order chi connectivity index (χ0) is 34.1. The van der Waals surface area contributed by atoms with Gasteiger partial charge in [-0.2, -0.15) is 0 Å². The molecule has 2 amide bonds. The number of amides is 2. The van der Waals surface area contributed by atoms with E-state index in [1.807, 2.05) is 12.2 Å². The number of aliphatic hydroxyl groups is 3. The lowest BCUT2D eigenvalue weighted by Crippen LogP contribution is -2.64. The number of aliphatic hydroxyl groups excluding tert-OH is 3. The molecule has 2 bridgehead atoms. The normalized spacial score (nSPS) is 35.4. The van der Waals surface area contributed by atoms with Gasteiger partial charge in [0.1, 0.15) is 41.7 Å². The van der Waals surface area contributed by atoms with E-state index in [1.54, 1.807) is 0 Å². The van der Waals surface area contributed by atoms with Crippen LogP contribution in [0.4, 0.5) is 4.39 Å². The first-order valence-corrected chi connectivity index (χ1v) is 17.2. The van der Waals surface area contributed by atoms with Gasteiger partial charge in [-0.3, -0.25) is 14.4 Å². The molecule has 0 unspecified atom stereocenters. The van der Waals surface area contributed by atoms with Gasteiger partial charge in [0.15, 0.2) is 0 Å². The average Bonchev–Trinajstić information content (AvgIpc) is 3.33. The largest absolute Gasteiger partial charge is 0.483 e. The maximum atomic E-state index is 13.6. The highest BCUT2D eigenvalue weighted by molar-refractivity contribution is 8.00. The molecule has 14 heteroatoms. The summed E-state index contributed by atoms with van der Waals surface area (Å²) < 4.78 is 25.7. The van der Waals surface area contributed by atoms with E-state index in [9.17, 15) is 29.3 Å². The topological polar surface area (TPSA) is 187 Å². The van der Waals surface area contributed by atoms with E-state index in [0.29, 0.717) is 43.4 Å². The Bertz CT molecular complexity index is 1210. The van der Waals surface area contributed by atoms with Gasteiger partial charge in [0.25, 0.3) is 12.4 Å². The third-order valence-corrected chi connectivity index (χ3v) is 10.6. The van der Waals surface area contributed by atoms with Crippen molar-refractivity contribution in [2.24, 2.45) is 17.8 Å². The molecule has 0 saturated carbocycles. The maximum Gasteiger partial charge on any atom is 0.290 e. The number of hydrogen-bond donors (Lipinski definition) is 7. The molecular formula is C33H48FN3O9S. The summed E-state index contributed by atoms with van der Waals surface area (Å²) in [4.78, 5) is 34.6. The molecule has 5 rings (SSSR count). The quantitative estimate of drug-likeness (QED) is 0.163. The molecule has 11 atom stereocenters. The predicted molar refractivity (Wildman–Crippen MR) is 173 cm³/mol. The molecule has 4 aliphatic heterocycles. The third-order valence-electron chi connectivity index (χ3n) is 9.16. The van der Waals surface area contributed by atoms with Crippen LogP contribution < -0.4 is 16.0 Å². The zero-order valence-corrected chi connectivity index (χ0v) is 27.6. The van der Waals surface area contributed by atoms with Crippen LogP contribution in [0, 0.1) is 23.6 Å². The van der Waals surface area contributed by atoms with Gasteiger partial charge in [-0.25, -0.2) is 4.39 Å². The number of carbonyl (C=O) groups is 3. The summed E-state index contributed by atoms with van der Waals surface area (Å²) in [6.07, 6.45) is 2.35. The Morgan fingerprint density at radius 1 is 1.09 bits per heavy atom. The van der Waals surface area contributed by atoms with Crippen LogP contribution in [-0.4, -0.2) is 112 Å². The molecule has 0 aromatic heterocycles. The van der Waals surface area contributed by atoms with Crippen LogP contribution in [0.15, 0.2) is 36.4 Å². The second-order valence-corrected chi connectivity index (χ2v) is 14.5. The molecular weight excluding hydrogens is 633 g/mol. The minimum Gasteiger partial charge on any atom is -0.483 e. The molecule has 3 fully saturated rings. The number of hydrogen-bond acceptors (Lipinski definition) is 10. The monoisotopic (exact) mass is 681 g/mol. The van der Waals surface area contributed by atoms with Gasteiger partial charge in [0.05, 0.1) is 12.1 Å². The molecule has 12 nitrogen and oxygen atoms in total. The highest BCUT2D eigenvalue weighted by atomic mass is 32.2. The number of halogens is 1. The fraction of sp³-hybridized carbons (Fsp3) is 0.667. The summed E-state index contributed by atoms with van der Waals surface area (Å²) in [5.74, 6) is 0.403. The molecule has 0 aliphatic carbocycles. The Hall–Kier alpha value is -2.59. The molecule has 47 heavy (non-hydrogen) atoms. The van der Waals surface area contributed by atoms with Gasteiger partial charge < -0.3 is 45.9 Å². The minimum absolute atomic E-state index is 0.226. The van der Waals surface area contributed by atoms with Crippen molar-refractivity contribution in [2.45, 2.75) is 99.2 Å². The van der Waals surface area contributed by atoms with Crippen LogP contribution in [0.2, 0.25) is 0 Å². The Morgan fingerprint density at radius 3 is 2.49 bits per heavy atom. The summed E-state index contributed by atoms with van der Waals surface area (Å²) >= 11 is 1.25. The van der Waals surface area contributed by atoms with Gasteiger partial charge >= 0.3 is 0 Å². The van der Waals surface area contributed by atoms with Crippen molar-refractivity contribution in [2.75, 3.05) is 19.7 Å². The molecule has 4 aliphatic rings. The first-order valence-electron chi connectivity index (χ1n) is 16.3. The molecule has 0 spiro atoms. The van der Waals surface area contributed by atoms with E-state index in [0.717, 1.165) is 19.3 Å². The van der Waals surface area contributed by atoms with Crippen LogP contribution in [0.1, 0.15) is 56.3 Å². The van der Waals surface area contributed by atoms with Crippen molar-refractivity contribution in [3.05, 3.63) is 47.8 Å². The fourth-order valence-electron chi connectivity index (χ4n) is 6.92. The molecule has 1 aromatic rings. The third kappa shape index (κ3) is 9.97. The SMILES string of the molecule is CC(C)C[C@@H]1CCO[C@@H]2[C@H](CN[C@@H]2C(=O)N[C@@H]2CC=CC[C@@H](CNC(=O)c3ccc(F)cc3)S[C@H]3O[C@H]2[C@H](O)[C@H](O)[C@H]3O)C1.O=CO. The van der Waals surface area contributed by atoms with Crippen molar-refractivity contribution in [1.29, 1.82) is 0 Å². The molecule has 4 heterocycles. The summed E-state index contributed by atoms with van der Waals surface area (Å²) in [6, 6.07) is 4.06. The van der Waals surface area contributed by atoms with Gasteiger partial charge in [-0.05, 0) is 74.1 Å². The van der Waals surface area contributed by atoms with E-state index >= 15 is 0 Å². The van der Waals surface area contributed by atoms with Gasteiger partial charge in [0, 0.05) is 30.5 Å². The van der Waals surface area contributed by atoms with Crippen LogP contribution in [-0.2, 0) is 19.1 Å². The first kappa shape index (κ1) is 37.2. The number of carbonyl (C=O) groups excluding carboxylic acids is 2. The minimum atomic E-state index is -1.49. The molecule has 1 aromatic carbocycles. The second-order valence-electron chi connectivity index (χ2n) is 13.1. The lowest BCUT2D eigenvalue weighted by atomic mass is 9.85. The van der Waals surface area contributed by atoms with Crippen molar-refractivity contribution in [3.63, 3.8) is 0 Å². The summed E-state index contributed by atoms with van der Waals surface area (Å²) in [5, 5.41) is 48.5. The Labute approximate surface area is 278 Å². The Morgan fingerprint density at radius 2 is 1.79 bits per heavy atom. The Kier molecular flexibility index (Phi) is 14.0. The zero-order valence-electron chi connectivity index (χ0n) is 26.7. The molecule has 0 radical (unpaired) electrons. The van der Waals surface area contributed by atoms with Gasteiger partial charge in [-0.15, -0.1) is 11.8 Å². The average molecular weight is 682 g/mol. The molecule has 3 saturated heterocycles. The summed E-state index contributed by atoms with van der Waals surface area (Å²) in [7, 11) is 0. The fourth-order valence-corrected chi connectivity index (χ4v) is 8.21. The van der Waals surface area contributed by atoms with E-state index < -0.39 is 47.8 Å².